The Labute approximate surface area is 117 Å². The molecule has 0 saturated carbocycles. The molecule has 100 valence electrons. The zero-order valence-corrected chi connectivity index (χ0v) is 10.9. The number of hydrogen-bond acceptors (Lipinski definition) is 0. The molecule has 0 heterocycles. The molecule has 0 aromatic heterocycles. The molecule has 0 amide bonds. The molecule has 0 nitrogen and oxygen atoms in total. The Hall–Kier alpha value is -2.22. The average molecular weight is 268 g/mol. The minimum atomic E-state index is -0.805. The van der Waals surface area contributed by atoms with Gasteiger partial charge in [-0.2, -0.15) is 0 Å². The van der Waals surface area contributed by atoms with Gasteiger partial charge in [0.05, 0.1) is 0 Å². The highest BCUT2D eigenvalue weighted by Gasteiger charge is 2.15. The molecule has 1 aliphatic carbocycles. The molecule has 2 heteroatoms. The molecule has 0 saturated heterocycles. The molecule has 0 spiro atoms. The molecule has 0 N–H and O–H groups in total. The van der Waals surface area contributed by atoms with Gasteiger partial charge < -0.3 is 0 Å². The van der Waals surface area contributed by atoms with Gasteiger partial charge >= 0.3 is 0 Å². The van der Waals surface area contributed by atoms with E-state index in [2.05, 4.69) is 18.2 Å². The monoisotopic (exact) mass is 268 g/mol. The third kappa shape index (κ3) is 2.55. The van der Waals surface area contributed by atoms with Crippen molar-refractivity contribution in [2.24, 2.45) is 0 Å². The predicted octanol–water partition coefficient (Wildman–Crippen LogP) is 5.09. The molecule has 0 bridgehead atoms. The molecule has 1 atom stereocenters. The fourth-order valence-electron chi connectivity index (χ4n) is 2.52. The van der Waals surface area contributed by atoms with Gasteiger partial charge in [-0.15, -0.1) is 0 Å². The molecule has 1 unspecified atom stereocenters. The van der Waals surface area contributed by atoms with Gasteiger partial charge in [0.2, 0.25) is 0 Å². The topological polar surface area (TPSA) is 0 Å². The lowest BCUT2D eigenvalue weighted by Gasteiger charge is -2.19. The first-order valence-electron chi connectivity index (χ1n) is 6.62. The minimum Gasteiger partial charge on any atom is -0.204 e. The van der Waals surface area contributed by atoms with Crippen LogP contribution in [0.2, 0.25) is 0 Å². The van der Waals surface area contributed by atoms with Crippen LogP contribution < -0.4 is 0 Å². The van der Waals surface area contributed by atoms with Gasteiger partial charge in [0, 0.05) is 5.92 Å². The second kappa shape index (κ2) is 5.41. The van der Waals surface area contributed by atoms with E-state index in [1.165, 1.54) is 17.7 Å². The van der Waals surface area contributed by atoms with E-state index in [-0.39, 0.29) is 5.92 Å². The fraction of sp³-hybridized carbons (Fsp3) is 0.111. The zero-order chi connectivity index (χ0) is 13.9. The molecular formula is C18H14F2. The fourth-order valence-corrected chi connectivity index (χ4v) is 2.52. The van der Waals surface area contributed by atoms with Gasteiger partial charge in [-0.05, 0) is 35.3 Å². The summed E-state index contributed by atoms with van der Waals surface area (Å²) in [6.07, 6.45) is 6.88. The molecule has 1 aliphatic rings. The summed E-state index contributed by atoms with van der Waals surface area (Å²) in [5, 5.41) is 0. The van der Waals surface area contributed by atoms with Gasteiger partial charge in [0.25, 0.3) is 0 Å². The van der Waals surface area contributed by atoms with Crippen molar-refractivity contribution in [3.8, 4) is 0 Å². The van der Waals surface area contributed by atoms with Crippen LogP contribution in [0.25, 0.3) is 5.57 Å². The van der Waals surface area contributed by atoms with Crippen LogP contribution in [-0.4, -0.2) is 0 Å². The maximum Gasteiger partial charge on any atom is 0.159 e. The largest absolute Gasteiger partial charge is 0.204 e. The normalized spacial score (nSPS) is 17.9. The Kier molecular flexibility index (Phi) is 3.46. The van der Waals surface area contributed by atoms with Gasteiger partial charge in [-0.25, -0.2) is 8.78 Å². The van der Waals surface area contributed by atoms with E-state index in [1.807, 2.05) is 30.4 Å². The molecule has 3 rings (SSSR count). The number of benzene rings is 2. The molecule has 0 radical (unpaired) electrons. The summed E-state index contributed by atoms with van der Waals surface area (Å²) in [6, 6.07) is 14.3. The van der Waals surface area contributed by atoms with Crippen LogP contribution in [0.3, 0.4) is 0 Å². The van der Waals surface area contributed by atoms with E-state index >= 15 is 0 Å². The predicted molar refractivity (Wildman–Crippen MR) is 77.3 cm³/mol. The average Bonchev–Trinajstić information content (AvgIpc) is 2.51. The van der Waals surface area contributed by atoms with Crippen LogP contribution in [0.15, 0.2) is 66.8 Å². The first-order chi connectivity index (χ1) is 9.74. The smallest absolute Gasteiger partial charge is 0.159 e. The van der Waals surface area contributed by atoms with Crippen molar-refractivity contribution >= 4 is 5.57 Å². The lowest BCUT2D eigenvalue weighted by atomic mass is 9.85. The highest BCUT2D eigenvalue weighted by atomic mass is 19.2. The summed E-state index contributed by atoms with van der Waals surface area (Å²) in [4.78, 5) is 0. The highest BCUT2D eigenvalue weighted by molar-refractivity contribution is 5.69. The van der Waals surface area contributed by atoms with Crippen molar-refractivity contribution in [3.05, 3.63) is 89.5 Å². The molecule has 20 heavy (non-hydrogen) atoms. The Balaban J connectivity index is 1.87. The number of halogens is 2. The maximum absolute atomic E-state index is 13.3. The lowest BCUT2D eigenvalue weighted by molar-refractivity contribution is 0.508. The summed E-state index contributed by atoms with van der Waals surface area (Å²) in [7, 11) is 0. The van der Waals surface area contributed by atoms with E-state index in [0.29, 0.717) is 0 Å². The van der Waals surface area contributed by atoms with Crippen molar-refractivity contribution in [1.82, 2.24) is 0 Å². The van der Waals surface area contributed by atoms with E-state index in [9.17, 15) is 8.78 Å². The first kappa shape index (κ1) is 12.8. The zero-order valence-electron chi connectivity index (χ0n) is 10.9. The highest BCUT2D eigenvalue weighted by Crippen LogP contribution is 2.33. The van der Waals surface area contributed by atoms with E-state index in [1.54, 1.807) is 6.07 Å². The Morgan fingerprint density at radius 3 is 2.45 bits per heavy atom. The first-order valence-corrected chi connectivity index (χ1v) is 6.62. The van der Waals surface area contributed by atoms with Crippen LogP contribution in [0, 0.1) is 11.6 Å². The third-order valence-electron chi connectivity index (χ3n) is 3.60. The number of allylic oxidation sites excluding steroid dienone is 4. The van der Waals surface area contributed by atoms with Gasteiger partial charge in [-0.1, -0.05) is 54.6 Å². The van der Waals surface area contributed by atoms with Gasteiger partial charge in [0.1, 0.15) is 0 Å². The van der Waals surface area contributed by atoms with Crippen molar-refractivity contribution in [2.45, 2.75) is 12.3 Å². The number of hydrogen-bond donors (Lipinski definition) is 0. The Morgan fingerprint density at radius 1 is 0.900 bits per heavy atom. The Bertz CT molecular complexity index is 669. The summed E-state index contributed by atoms with van der Waals surface area (Å²) in [6.45, 7) is 0. The second-order valence-corrected chi connectivity index (χ2v) is 4.93. The van der Waals surface area contributed by atoms with Crippen molar-refractivity contribution < 1.29 is 8.78 Å². The van der Waals surface area contributed by atoms with E-state index in [0.717, 1.165) is 17.6 Å². The molecule has 0 aliphatic heterocycles. The third-order valence-corrected chi connectivity index (χ3v) is 3.60. The van der Waals surface area contributed by atoms with Crippen LogP contribution >= 0.6 is 0 Å². The SMILES string of the molecule is Fc1ccc(C2=CC=CC(c3ccccc3)C2)cc1F. The van der Waals surface area contributed by atoms with Crippen LogP contribution in [-0.2, 0) is 0 Å². The second-order valence-electron chi connectivity index (χ2n) is 4.93. The van der Waals surface area contributed by atoms with Crippen LogP contribution in [0.1, 0.15) is 23.5 Å². The molecule has 0 fully saturated rings. The van der Waals surface area contributed by atoms with Gasteiger partial charge in [-0.3, -0.25) is 0 Å². The van der Waals surface area contributed by atoms with E-state index < -0.39 is 11.6 Å². The maximum atomic E-state index is 13.3. The van der Waals surface area contributed by atoms with E-state index in [4.69, 9.17) is 0 Å². The molecule has 2 aromatic carbocycles. The summed E-state index contributed by atoms with van der Waals surface area (Å²) < 4.78 is 26.3. The molecular weight excluding hydrogens is 254 g/mol. The standard InChI is InChI=1S/C18H14F2/c19-17-10-9-16(12-18(17)20)15-8-4-7-14(11-15)13-5-2-1-3-6-13/h1-10,12,14H,11H2. The summed E-state index contributed by atoms with van der Waals surface area (Å²) in [5.41, 5.74) is 3.01. The van der Waals surface area contributed by atoms with Crippen molar-refractivity contribution in [1.29, 1.82) is 0 Å². The summed E-state index contributed by atoms with van der Waals surface area (Å²) in [5.74, 6) is -1.32. The van der Waals surface area contributed by atoms with Crippen molar-refractivity contribution in [3.63, 3.8) is 0 Å². The van der Waals surface area contributed by atoms with Crippen LogP contribution in [0.4, 0.5) is 8.78 Å². The minimum absolute atomic E-state index is 0.282. The quantitative estimate of drug-likeness (QED) is 0.711. The van der Waals surface area contributed by atoms with Gasteiger partial charge in [0.15, 0.2) is 11.6 Å². The summed E-state index contributed by atoms with van der Waals surface area (Å²) >= 11 is 0. The molecule has 2 aromatic rings. The van der Waals surface area contributed by atoms with Crippen LogP contribution in [0.5, 0.6) is 0 Å². The number of rotatable bonds is 2. The van der Waals surface area contributed by atoms with Crippen molar-refractivity contribution in [2.75, 3.05) is 0 Å². The Morgan fingerprint density at radius 2 is 1.70 bits per heavy atom. The lowest BCUT2D eigenvalue weighted by Crippen LogP contribution is -2.01.